The van der Waals surface area contributed by atoms with Crippen LogP contribution < -0.4 is 10.1 Å². The second-order valence-electron chi connectivity index (χ2n) is 6.97. The van der Waals surface area contributed by atoms with Crippen LogP contribution in [0.2, 0.25) is 0 Å². The maximum absolute atomic E-state index is 6.02. The van der Waals surface area contributed by atoms with Gasteiger partial charge in [-0.05, 0) is 81.0 Å². The van der Waals surface area contributed by atoms with Crippen LogP contribution in [0.4, 0.5) is 5.69 Å². The molecule has 0 aromatic heterocycles. The lowest BCUT2D eigenvalue weighted by Gasteiger charge is -2.24. The fraction of sp³-hybridized carbons (Fsp3) is 0.667. The minimum Gasteiger partial charge on any atom is -0.490 e. The van der Waals surface area contributed by atoms with Gasteiger partial charge in [-0.3, -0.25) is 0 Å². The van der Waals surface area contributed by atoms with E-state index < -0.39 is 0 Å². The largest absolute Gasteiger partial charge is 0.490 e. The summed E-state index contributed by atoms with van der Waals surface area (Å²) in [4.78, 5) is 0. The van der Waals surface area contributed by atoms with Crippen molar-refractivity contribution >= 4 is 5.69 Å². The SMILES string of the molecule is c1cc(OC2CCCC2)ccc1NC1CC2CCC1C2. The fourth-order valence-electron chi connectivity index (χ4n) is 4.46. The van der Waals surface area contributed by atoms with E-state index in [0.29, 0.717) is 6.10 Å². The highest BCUT2D eigenvalue weighted by molar-refractivity contribution is 5.47. The molecule has 0 spiro atoms. The first-order valence-corrected chi connectivity index (χ1v) is 8.40. The summed E-state index contributed by atoms with van der Waals surface area (Å²) < 4.78 is 6.02. The number of rotatable bonds is 4. The molecule has 108 valence electrons. The second kappa shape index (κ2) is 5.31. The molecule has 3 aliphatic rings. The van der Waals surface area contributed by atoms with Crippen molar-refractivity contribution in [3.05, 3.63) is 24.3 Å². The fourth-order valence-corrected chi connectivity index (χ4v) is 4.46. The standard InChI is InChI=1S/C18H25NO/c1-2-4-16(3-1)20-17-9-7-15(8-10-17)19-18-12-13-5-6-14(18)11-13/h7-10,13-14,16,18-19H,1-6,11-12H2. The molecular formula is C18H25NO. The van der Waals surface area contributed by atoms with Crippen molar-refractivity contribution < 1.29 is 4.74 Å². The van der Waals surface area contributed by atoms with Gasteiger partial charge in [0.1, 0.15) is 5.75 Å². The molecule has 1 aromatic rings. The van der Waals surface area contributed by atoms with Gasteiger partial charge in [-0.1, -0.05) is 6.42 Å². The van der Waals surface area contributed by atoms with E-state index >= 15 is 0 Å². The molecule has 20 heavy (non-hydrogen) atoms. The molecule has 2 heteroatoms. The molecule has 3 unspecified atom stereocenters. The van der Waals surface area contributed by atoms with Gasteiger partial charge in [0.15, 0.2) is 0 Å². The van der Waals surface area contributed by atoms with Gasteiger partial charge >= 0.3 is 0 Å². The zero-order valence-electron chi connectivity index (χ0n) is 12.2. The molecule has 0 aliphatic heterocycles. The summed E-state index contributed by atoms with van der Waals surface area (Å²) in [5.74, 6) is 2.97. The van der Waals surface area contributed by atoms with Crippen molar-refractivity contribution in [3.63, 3.8) is 0 Å². The first-order chi connectivity index (χ1) is 9.87. The average molecular weight is 271 g/mol. The highest BCUT2D eigenvalue weighted by atomic mass is 16.5. The Balaban J connectivity index is 1.35. The maximum atomic E-state index is 6.02. The highest BCUT2D eigenvalue weighted by Gasteiger charge is 2.39. The zero-order valence-corrected chi connectivity index (χ0v) is 12.2. The van der Waals surface area contributed by atoms with Gasteiger partial charge in [0, 0.05) is 11.7 Å². The lowest BCUT2D eigenvalue weighted by Crippen LogP contribution is -2.25. The molecule has 3 atom stereocenters. The van der Waals surface area contributed by atoms with E-state index in [1.165, 1.54) is 57.1 Å². The van der Waals surface area contributed by atoms with Crippen LogP contribution in [-0.4, -0.2) is 12.1 Å². The van der Waals surface area contributed by atoms with Crippen LogP contribution in [0.5, 0.6) is 5.75 Å². The normalized spacial score (nSPS) is 32.7. The van der Waals surface area contributed by atoms with Crippen molar-refractivity contribution in [2.45, 2.75) is 63.5 Å². The van der Waals surface area contributed by atoms with Gasteiger partial charge in [0.05, 0.1) is 6.10 Å². The summed E-state index contributed by atoms with van der Waals surface area (Å²) in [5.41, 5.74) is 1.27. The molecule has 1 aromatic carbocycles. The average Bonchev–Trinajstić information content (AvgIpc) is 3.18. The Morgan fingerprint density at radius 3 is 2.35 bits per heavy atom. The number of fused-ring (bicyclic) bond motifs is 2. The van der Waals surface area contributed by atoms with Crippen LogP contribution in [0, 0.1) is 11.8 Å². The van der Waals surface area contributed by atoms with Crippen LogP contribution in [-0.2, 0) is 0 Å². The molecule has 2 nitrogen and oxygen atoms in total. The number of anilines is 1. The first-order valence-electron chi connectivity index (χ1n) is 8.40. The molecule has 4 rings (SSSR count). The van der Waals surface area contributed by atoms with Gasteiger partial charge in [-0.2, -0.15) is 0 Å². The highest BCUT2D eigenvalue weighted by Crippen LogP contribution is 2.45. The van der Waals surface area contributed by atoms with E-state index in [4.69, 9.17) is 4.74 Å². The second-order valence-corrected chi connectivity index (χ2v) is 6.97. The number of hydrogen-bond acceptors (Lipinski definition) is 2. The Hall–Kier alpha value is -1.18. The molecule has 0 saturated heterocycles. The Kier molecular flexibility index (Phi) is 3.33. The van der Waals surface area contributed by atoms with Gasteiger partial charge in [-0.25, -0.2) is 0 Å². The van der Waals surface area contributed by atoms with E-state index in [9.17, 15) is 0 Å². The van der Waals surface area contributed by atoms with Crippen LogP contribution >= 0.6 is 0 Å². The minimum atomic E-state index is 0.458. The summed E-state index contributed by atoms with van der Waals surface area (Å²) in [5, 5.41) is 3.74. The Morgan fingerprint density at radius 2 is 1.70 bits per heavy atom. The first kappa shape index (κ1) is 12.6. The number of hydrogen-bond donors (Lipinski definition) is 1. The minimum absolute atomic E-state index is 0.458. The number of benzene rings is 1. The van der Waals surface area contributed by atoms with Crippen LogP contribution in [0.3, 0.4) is 0 Å². The van der Waals surface area contributed by atoms with Gasteiger partial charge in [0.2, 0.25) is 0 Å². The molecule has 1 N–H and O–H groups in total. The van der Waals surface area contributed by atoms with Gasteiger partial charge in [0.25, 0.3) is 0 Å². The Bertz CT molecular complexity index is 449. The Labute approximate surface area is 121 Å². The number of nitrogens with one attached hydrogen (secondary N) is 1. The number of ether oxygens (including phenoxy) is 1. The molecular weight excluding hydrogens is 246 g/mol. The zero-order chi connectivity index (χ0) is 13.4. The molecule has 0 radical (unpaired) electrons. The predicted octanol–water partition coefficient (Wildman–Crippen LogP) is 4.61. The summed E-state index contributed by atoms with van der Waals surface area (Å²) >= 11 is 0. The smallest absolute Gasteiger partial charge is 0.119 e. The molecule has 3 fully saturated rings. The molecule has 0 amide bonds. The summed E-state index contributed by atoms with van der Waals surface area (Å²) in [6.07, 6.45) is 11.3. The van der Waals surface area contributed by atoms with Crippen molar-refractivity contribution in [2.75, 3.05) is 5.32 Å². The summed E-state index contributed by atoms with van der Waals surface area (Å²) in [6.45, 7) is 0. The quantitative estimate of drug-likeness (QED) is 0.863. The molecule has 3 saturated carbocycles. The van der Waals surface area contributed by atoms with E-state index in [0.717, 1.165) is 23.6 Å². The monoisotopic (exact) mass is 271 g/mol. The molecule has 0 heterocycles. The van der Waals surface area contributed by atoms with Gasteiger partial charge in [-0.15, -0.1) is 0 Å². The van der Waals surface area contributed by atoms with Crippen LogP contribution in [0.15, 0.2) is 24.3 Å². The topological polar surface area (TPSA) is 21.3 Å². The van der Waals surface area contributed by atoms with Gasteiger partial charge < -0.3 is 10.1 Å². The van der Waals surface area contributed by atoms with Crippen LogP contribution in [0.25, 0.3) is 0 Å². The molecule has 2 bridgehead atoms. The lowest BCUT2D eigenvalue weighted by molar-refractivity contribution is 0.210. The van der Waals surface area contributed by atoms with E-state index in [2.05, 4.69) is 29.6 Å². The Morgan fingerprint density at radius 1 is 0.900 bits per heavy atom. The lowest BCUT2D eigenvalue weighted by atomic mass is 9.95. The van der Waals surface area contributed by atoms with Crippen molar-refractivity contribution in [1.82, 2.24) is 0 Å². The van der Waals surface area contributed by atoms with E-state index in [1.807, 2.05) is 0 Å². The maximum Gasteiger partial charge on any atom is 0.119 e. The van der Waals surface area contributed by atoms with E-state index in [-0.39, 0.29) is 0 Å². The third kappa shape index (κ3) is 2.53. The van der Waals surface area contributed by atoms with Crippen molar-refractivity contribution in [3.8, 4) is 5.75 Å². The predicted molar refractivity (Wildman–Crippen MR) is 82.2 cm³/mol. The van der Waals surface area contributed by atoms with Crippen molar-refractivity contribution in [1.29, 1.82) is 0 Å². The van der Waals surface area contributed by atoms with E-state index in [1.54, 1.807) is 0 Å². The summed E-state index contributed by atoms with van der Waals surface area (Å²) in [6, 6.07) is 9.37. The summed E-state index contributed by atoms with van der Waals surface area (Å²) in [7, 11) is 0. The van der Waals surface area contributed by atoms with Crippen LogP contribution in [0.1, 0.15) is 51.4 Å². The van der Waals surface area contributed by atoms with Crippen molar-refractivity contribution in [2.24, 2.45) is 11.8 Å². The third-order valence-corrected chi connectivity index (χ3v) is 5.55. The molecule has 3 aliphatic carbocycles. The third-order valence-electron chi connectivity index (χ3n) is 5.55.